The maximum absolute atomic E-state index is 12.5. The zero-order valence-corrected chi connectivity index (χ0v) is 14.5. The van der Waals surface area contributed by atoms with E-state index in [1.807, 2.05) is 0 Å². The van der Waals surface area contributed by atoms with Crippen LogP contribution in [0.2, 0.25) is 0 Å². The van der Waals surface area contributed by atoms with Crippen LogP contribution in [-0.4, -0.2) is 38.3 Å². The molecule has 0 saturated carbocycles. The number of hydrogen-bond donors (Lipinski definition) is 3. The van der Waals surface area contributed by atoms with Crippen LogP contribution in [-0.2, 0) is 11.0 Å². The van der Waals surface area contributed by atoms with Gasteiger partial charge in [-0.2, -0.15) is 26.3 Å². The number of carboxylic acid groups (broad SMARTS) is 2. The van der Waals surface area contributed by atoms with Crippen LogP contribution < -0.4 is 5.32 Å². The molecule has 0 radical (unpaired) electrons. The molecular weight excluding hydrogens is 420 g/mol. The van der Waals surface area contributed by atoms with E-state index in [0.717, 1.165) is 6.07 Å². The molecule has 0 spiro atoms. The lowest BCUT2D eigenvalue weighted by molar-refractivity contribution is -0.192. The molecule has 0 saturated heterocycles. The van der Waals surface area contributed by atoms with Gasteiger partial charge in [-0.15, -0.1) is 11.3 Å². The normalized spacial score (nSPS) is 12.5. The summed E-state index contributed by atoms with van der Waals surface area (Å²) in [5.41, 5.74) is 0.234. The van der Waals surface area contributed by atoms with Gasteiger partial charge in [0.05, 0.1) is 6.04 Å². The van der Waals surface area contributed by atoms with Gasteiger partial charge in [0.1, 0.15) is 4.88 Å². The fraction of sp³-hybridized carbons (Fsp3) is 0.286. The van der Waals surface area contributed by atoms with Gasteiger partial charge in [0.15, 0.2) is 5.69 Å². The van der Waals surface area contributed by atoms with Crippen molar-refractivity contribution in [2.45, 2.75) is 25.3 Å². The van der Waals surface area contributed by atoms with Crippen molar-refractivity contribution in [1.29, 1.82) is 0 Å². The number of anilines is 1. The minimum absolute atomic E-state index is 0.0437. The lowest BCUT2D eigenvalue weighted by Crippen LogP contribution is -2.21. The number of alkyl halides is 6. The number of carboxylic acids is 2. The molecule has 14 heteroatoms. The molecule has 2 aromatic heterocycles. The van der Waals surface area contributed by atoms with Crippen molar-refractivity contribution in [2.75, 3.05) is 5.32 Å². The van der Waals surface area contributed by atoms with Gasteiger partial charge in [0, 0.05) is 6.20 Å². The first-order valence-electron chi connectivity index (χ1n) is 7.00. The fourth-order valence-corrected chi connectivity index (χ4v) is 2.42. The third kappa shape index (κ3) is 7.02. The highest BCUT2D eigenvalue weighted by Crippen LogP contribution is 2.35. The largest absolute Gasteiger partial charge is 0.490 e. The van der Waals surface area contributed by atoms with Gasteiger partial charge in [-0.25, -0.2) is 19.6 Å². The minimum Gasteiger partial charge on any atom is -0.477 e. The monoisotopic (exact) mass is 431 g/mol. The van der Waals surface area contributed by atoms with Crippen LogP contribution in [0.3, 0.4) is 0 Å². The Morgan fingerprint density at radius 3 is 2.18 bits per heavy atom. The highest BCUT2D eigenvalue weighted by Gasteiger charge is 2.38. The maximum Gasteiger partial charge on any atom is 0.490 e. The zero-order valence-electron chi connectivity index (χ0n) is 13.7. The number of aromatic carboxylic acids is 1. The summed E-state index contributed by atoms with van der Waals surface area (Å²) in [6.07, 6.45) is -8.19. The summed E-state index contributed by atoms with van der Waals surface area (Å²) in [5.74, 6) is -3.92. The third-order valence-electron chi connectivity index (χ3n) is 2.86. The van der Waals surface area contributed by atoms with Crippen molar-refractivity contribution in [2.24, 2.45) is 0 Å². The number of thiophene rings is 1. The standard InChI is InChI=1S/C12H10F3N3O2S.C2HF3O2/c1-6(7-4-9(21-5-7)12(13,14)15)17-11-16-3-2-8(18-11)10(19)20;3-2(4,5)1(6)7/h2-6H,1H3,(H,19,20)(H,16,17,18);(H,6,7). The highest BCUT2D eigenvalue weighted by atomic mass is 32.1. The van der Waals surface area contributed by atoms with E-state index in [-0.39, 0.29) is 11.6 Å². The van der Waals surface area contributed by atoms with Crippen LogP contribution in [0, 0.1) is 0 Å². The number of rotatable bonds is 4. The van der Waals surface area contributed by atoms with Gasteiger partial charge in [0.2, 0.25) is 5.95 Å². The SMILES string of the molecule is CC(Nc1nccc(C(=O)O)n1)c1csc(C(F)(F)F)c1.O=C(O)C(F)(F)F. The first kappa shape index (κ1) is 23.1. The summed E-state index contributed by atoms with van der Waals surface area (Å²) in [7, 11) is 0. The summed E-state index contributed by atoms with van der Waals surface area (Å²) in [6, 6.07) is 1.79. The number of nitrogens with one attached hydrogen (secondary N) is 1. The van der Waals surface area contributed by atoms with Crippen molar-refractivity contribution in [3.63, 3.8) is 0 Å². The lowest BCUT2D eigenvalue weighted by Gasteiger charge is -2.12. The zero-order chi connectivity index (χ0) is 21.7. The molecular formula is C14H11F6N3O4S. The van der Waals surface area contributed by atoms with Crippen molar-refractivity contribution < 1.29 is 46.1 Å². The average molecular weight is 431 g/mol. The average Bonchev–Trinajstić information content (AvgIpc) is 3.05. The summed E-state index contributed by atoms with van der Waals surface area (Å²) >= 11 is 0.603. The molecule has 2 aromatic rings. The number of nitrogens with zero attached hydrogens (tertiary/aromatic N) is 2. The fourth-order valence-electron chi connectivity index (χ4n) is 1.55. The van der Waals surface area contributed by atoms with Gasteiger partial charge in [-0.3, -0.25) is 0 Å². The first-order valence-corrected chi connectivity index (χ1v) is 7.88. The van der Waals surface area contributed by atoms with E-state index in [9.17, 15) is 31.1 Å². The van der Waals surface area contributed by atoms with Gasteiger partial charge in [0.25, 0.3) is 0 Å². The quantitative estimate of drug-likeness (QED) is 0.626. The first-order chi connectivity index (χ1) is 12.7. The molecule has 0 fully saturated rings. The van der Waals surface area contributed by atoms with E-state index >= 15 is 0 Å². The molecule has 154 valence electrons. The molecule has 3 N–H and O–H groups in total. The molecule has 0 amide bonds. The molecule has 2 heterocycles. The molecule has 28 heavy (non-hydrogen) atoms. The summed E-state index contributed by atoms with van der Waals surface area (Å²) in [6.45, 7) is 1.64. The highest BCUT2D eigenvalue weighted by molar-refractivity contribution is 7.10. The lowest BCUT2D eigenvalue weighted by atomic mass is 10.2. The summed E-state index contributed by atoms with van der Waals surface area (Å²) in [5, 5.41) is 20.1. The predicted octanol–water partition coefficient (Wildman–Crippen LogP) is 4.06. The number of halogens is 6. The molecule has 0 aliphatic heterocycles. The second-order valence-corrected chi connectivity index (χ2v) is 5.89. The summed E-state index contributed by atoms with van der Waals surface area (Å²) in [4.78, 5) is 26.6. The van der Waals surface area contributed by atoms with Crippen LogP contribution >= 0.6 is 11.3 Å². The Bertz CT molecular complexity index is 837. The Morgan fingerprint density at radius 1 is 1.18 bits per heavy atom. The Labute approximate surface area is 156 Å². The van der Waals surface area contributed by atoms with E-state index in [1.165, 1.54) is 17.6 Å². The van der Waals surface area contributed by atoms with Gasteiger partial charge < -0.3 is 15.5 Å². The van der Waals surface area contributed by atoms with Gasteiger partial charge in [-0.05, 0) is 30.0 Å². The second-order valence-electron chi connectivity index (χ2n) is 4.98. The predicted molar refractivity (Wildman–Crippen MR) is 84.0 cm³/mol. The van der Waals surface area contributed by atoms with E-state index in [1.54, 1.807) is 6.92 Å². The van der Waals surface area contributed by atoms with E-state index in [4.69, 9.17) is 15.0 Å². The third-order valence-corrected chi connectivity index (χ3v) is 3.86. The van der Waals surface area contributed by atoms with Crippen molar-refractivity contribution >= 4 is 29.2 Å². The number of hydrogen-bond acceptors (Lipinski definition) is 6. The molecule has 2 rings (SSSR count). The van der Waals surface area contributed by atoms with E-state index in [0.29, 0.717) is 16.9 Å². The topological polar surface area (TPSA) is 112 Å². The molecule has 0 bridgehead atoms. The Hall–Kier alpha value is -2.90. The Morgan fingerprint density at radius 2 is 1.75 bits per heavy atom. The number of aliphatic carboxylic acids is 1. The molecule has 0 aromatic carbocycles. The Kier molecular flexibility index (Phi) is 7.32. The number of carbonyl (C=O) groups is 2. The van der Waals surface area contributed by atoms with Crippen molar-refractivity contribution in [3.05, 3.63) is 39.8 Å². The van der Waals surface area contributed by atoms with Crippen LogP contribution in [0.1, 0.15) is 33.9 Å². The van der Waals surface area contributed by atoms with Crippen LogP contribution in [0.25, 0.3) is 0 Å². The van der Waals surface area contributed by atoms with E-state index < -0.39 is 35.2 Å². The van der Waals surface area contributed by atoms with E-state index in [2.05, 4.69) is 15.3 Å². The van der Waals surface area contributed by atoms with Crippen molar-refractivity contribution in [1.82, 2.24) is 9.97 Å². The number of aromatic nitrogens is 2. The van der Waals surface area contributed by atoms with Crippen LogP contribution in [0.15, 0.2) is 23.7 Å². The Balaban J connectivity index is 0.000000480. The summed E-state index contributed by atoms with van der Waals surface area (Å²) < 4.78 is 69.3. The second kappa shape index (κ2) is 8.86. The smallest absolute Gasteiger partial charge is 0.477 e. The minimum atomic E-state index is -5.08. The van der Waals surface area contributed by atoms with Gasteiger partial charge >= 0.3 is 24.3 Å². The molecule has 1 atom stereocenters. The molecule has 0 aliphatic rings. The van der Waals surface area contributed by atoms with Gasteiger partial charge in [-0.1, -0.05) is 0 Å². The molecule has 1 unspecified atom stereocenters. The maximum atomic E-state index is 12.5. The molecule has 0 aliphatic carbocycles. The van der Waals surface area contributed by atoms with Crippen LogP contribution in [0.4, 0.5) is 32.3 Å². The van der Waals surface area contributed by atoms with Crippen LogP contribution in [0.5, 0.6) is 0 Å². The van der Waals surface area contributed by atoms with Crippen molar-refractivity contribution in [3.8, 4) is 0 Å². The molecule has 7 nitrogen and oxygen atoms in total.